The average molecular weight is 582 g/mol. The van der Waals surface area contributed by atoms with E-state index in [-0.39, 0.29) is 29.2 Å². The van der Waals surface area contributed by atoms with Crippen molar-refractivity contribution in [1.29, 1.82) is 0 Å². The Morgan fingerprint density at radius 3 is 2.05 bits per heavy atom. The van der Waals surface area contributed by atoms with Gasteiger partial charge >= 0.3 is 0 Å². The lowest BCUT2D eigenvalue weighted by Gasteiger charge is -2.35. The van der Waals surface area contributed by atoms with Crippen molar-refractivity contribution in [2.24, 2.45) is 0 Å². The Labute approximate surface area is 242 Å². The van der Waals surface area contributed by atoms with Crippen LogP contribution in [0.15, 0.2) is 84.9 Å². The maximum absolute atomic E-state index is 14.1. The van der Waals surface area contributed by atoms with E-state index in [4.69, 9.17) is 11.6 Å². The summed E-state index contributed by atoms with van der Waals surface area (Å²) in [5, 5.41) is 3.41. The Hall–Kier alpha value is -3.36. The van der Waals surface area contributed by atoms with Gasteiger partial charge < -0.3 is 10.2 Å². The van der Waals surface area contributed by atoms with Crippen molar-refractivity contribution in [2.75, 3.05) is 17.1 Å². The molecule has 0 bridgehead atoms. The molecule has 212 valence electrons. The van der Waals surface area contributed by atoms with Gasteiger partial charge in [0, 0.05) is 19.0 Å². The largest absolute Gasteiger partial charge is 0.352 e. The molecular weight excluding hydrogens is 546 g/mol. The number of sulfonamides is 1. The van der Waals surface area contributed by atoms with Crippen LogP contribution < -0.4 is 9.62 Å². The number of amides is 2. The Kier molecular flexibility index (Phi) is 10.2. The molecule has 0 aliphatic heterocycles. The number of nitrogens with zero attached hydrogens (tertiary/aromatic N) is 2. The van der Waals surface area contributed by atoms with Crippen molar-refractivity contribution in [2.45, 2.75) is 57.2 Å². The molecule has 0 radical (unpaired) electrons. The zero-order chi connectivity index (χ0) is 28.5. The van der Waals surface area contributed by atoms with Crippen LogP contribution in [0.2, 0.25) is 5.02 Å². The van der Waals surface area contributed by atoms with E-state index in [0.717, 1.165) is 53.8 Å². The summed E-state index contributed by atoms with van der Waals surface area (Å²) in [7, 11) is -3.87. The molecule has 40 heavy (non-hydrogen) atoms. The Balaban J connectivity index is 1.71. The molecule has 2 amide bonds. The first-order valence-corrected chi connectivity index (χ1v) is 15.8. The van der Waals surface area contributed by atoms with Crippen molar-refractivity contribution >= 4 is 39.1 Å². The van der Waals surface area contributed by atoms with Gasteiger partial charge in [0.2, 0.25) is 21.8 Å². The predicted octanol–water partition coefficient (Wildman–Crippen LogP) is 5.20. The molecule has 1 aliphatic rings. The molecule has 7 nitrogen and oxygen atoms in total. The van der Waals surface area contributed by atoms with Gasteiger partial charge in [-0.2, -0.15) is 0 Å². The summed E-state index contributed by atoms with van der Waals surface area (Å²) in [5.74, 6) is -0.724. The third-order valence-electron chi connectivity index (χ3n) is 7.22. The van der Waals surface area contributed by atoms with Crippen molar-refractivity contribution in [3.63, 3.8) is 0 Å². The van der Waals surface area contributed by atoms with E-state index in [2.05, 4.69) is 5.32 Å². The highest BCUT2D eigenvalue weighted by molar-refractivity contribution is 7.92. The molecule has 1 fully saturated rings. The molecule has 0 unspecified atom stereocenters. The number of nitrogens with one attached hydrogen (secondary N) is 1. The predicted molar refractivity (Wildman–Crippen MR) is 160 cm³/mol. The van der Waals surface area contributed by atoms with Crippen LogP contribution >= 0.6 is 11.6 Å². The van der Waals surface area contributed by atoms with E-state index in [9.17, 15) is 18.0 Å². The van der Waals surface area contributed by atoms with Crippen molar-refractivity contribution in [1.82, 2.24) is 10.2 Å². The number of carbonyl (C=O) groups excluding carboxylic acids is 2. The lowest BCUT2D eigenvalue weighted by Crippen LogP contribution is -2.55. The van der Waals surface area contributed by atoms with Crippen LogP contribution in [-0.2, 0) is 32.6 Å². The highest BCUT2D eigenvalue weighted by Crippen LogP contribution is 2.28. The van der Waals surface area contributed by atoms with Crippen molar-refractivity contribution < 1.29 is 18.0 Å². The normalized spacial score (nSPS) is 14.8. The third-order valence-corrected chi connectivity index (χ3v) is 8.66. The quantitative estimate of drug-likeness (QED) is 0.337. The molecule has 1 saturated carbocycles. The summed E-state index contributed by atoms with van der Waals surface area (Å²) in [6, 6.07) is 24.7. The Morgan fingerprint density at radius 2 is 1.45 bits per heavy atom. The molecule has 3 aromatic carbocycles. The number of hydrogen-bond donors (Lipinski definition) is 1. The van der Waals surface area contributed by atoms with E-state index >= 15 is 0 Å². The summed E-state index contributed by atoms with van der Waals surface area (Å²) in [5.41, 5.74) is 1.96. The van der Waals surface area contributed by atoms with Gasteiger partial charge in [0.15, 0.2) is 0 Å². The summed E-state index contributed by atoms with van der Waals surface area (Å²) in [6.07, 6.45) is 6.42. The summed E-state index contributed by atoms with van der Waals surface area (Å²) < 4.78 is 26.8. The van der Waals surface area contributed by atoms with Crippen LogP contribution in [0, 0.1) is 0 Å². The van der Waals surface area contributed by atoms with Crippen LogP contribution in [0.5, 0.6) is 0 Å². The second-order valence-electron chi connectivity index (χ2n) is 10.3. The minimum absolute atomic E-state index is 0.0591. The van der Waals surface area contributed by atoms with Gasteiger partial charge in [0.1, 0.15) is 12.6 Å². The fourth-order valence-electron chi connectivity index (χ4n) is 5.13. The lowest BCUT2D eigenvalue weighted by molar-refractivity contribution is -0.140. The van der Waals surface area contributed by atoms with E-state index in [1.807, 2.05) is 60.7 Å². The highest BCUT2D eigenvalue weighted by Gasteiger charge is 2.34. The SMILES string of the molecule is CS(=O)(=O)N(CC(=O)N(Cc1ccccc1)[C@@H](Cc1ccccc1)C(=O)NC1CCCCC1)c1ccccc1Cl. The molecule has 3 aromatic rings. The average Bonchev–Trinajstić information content (AvgIpc) is 2.95. The Morgan fingerprint density at radius 1 is 0.875 bits per heavy atom. The monoisotopic (exact) mass is 581 g/mol. The van der Waals surface area contributed by atoms with E-state index in [0.29, 0.717) is 6.42 Å². The lowest BCUT2D eigenvalue weighted by atomic mass is 9.94. The van der Waals surface area contributed by atoms with Gasteiger partial charge in [-0.1, -0.05) is 104 Å². The van der Waals surface area contributed by atoms with Gasteiger partial charge in [0.25, 0.3) is 0 Å². The minimum Gasteiger partial charge on any atom is -0.352 e. The molecule has 0 saturated heterocycles. The fraction of sp³-hybridized carbons (Fsp3) is 0.355. The minimum atomic E-state index is -3.87. The maximum atomic E-state index is 14.1. The van der Waals surface area contributed by atoms with Crippen molar-refractivity contribution in [3.8, 4) is 0 Å². The van der Waals surface area contributed by atoms with Gasteiger partial charge in [-0.15, -0.1) is 0 Å². The number of halogens is 1. The first-order valence-electron chi connectivity index (χ1n) is 13.6. The van der Waals surface area contributed by atoms with Crippen LogP contribution in [0.4, 0.5) is 5.69 Å². The molecule has 0 heterocycles. The van der Waals surface area contributed by atoms with Crippen LogP contribution in [0.25, 0.3) is 0 Å². The molecule has 4 rings (SSSR count). The number of para-hydroxylation sites is 1. The smallest absolute Gasteiger partial charge is 0.244 e. The molecule has 0 spiro atoms. The molecule has 1 N–H and O–H groups in total. The third kappa shape index (κ3) is 8.08. The molecular formula is C31H36ClN3O4S. The van der Waals surface area contributed by atoms with Gasteiger partial charge in [-0.05, 0) is 36.1 Å². The standard InChI is InChI=1S/C31H36ClN3O4S/c1-40(38,39)35(28-20-12-11-19-27(28)32)23-30(36)34(22-25-15-7-3-8-16-25)29(21-24-13-5-2-6-14-24)31(37)33-26-17-9-4-10-18-26/h2-3,5-8,11-16,19-20,26,29H,4,9-10,17-18,21-23H2,1H3,(H,33,37)/t29-/m0/s1. The van der Waals surface area contributed by atoms with Gasteiger partial charge in [-0.25, -0.2) is 8.42 Å². The number of carbonyl (C=O) groups is 2. The van der Waals surface area contributed by atoms with E-state index in [1.54, 1.807) is 24.3 Å². The van der Waals surface area contributed by atoms with Crippen LogP contribution in [0.3, 0.4) is 0 Å². The van der Waals surface area contributed by atoms with Gasteiger partial charge in [-0.3, -0.25) is 13.9 Å². The zero-order valence-electron chi connectivity index (χ0n) is 22.7. The van der Waals surface area contributed by atoms with Crippen LogP contribution in [0.1, 0.15) is 43.2 Å². The number of benzene rings is 3. The summed E-state index contributed by atoms with van der Waals surface area (Å²) >= 11 is 6.35. The Bertz CT molecular complexity index is 1380. The molecule has 9 heteroatoms. The van der Waals surface area contributed by atoms with Crippen molar-refractivity contribution in [3.05, 3.63) is 101 Å². The topological polar surface area (TPSA) is 86.8 Å². The molecule has 0 aromatic heterocycles. The second-order valence-corrected chi connectivity index (χ2v) is 12.6. The number of rotatable bonds is 11. The molecule has 1 aliphatic carbocycles. The second kappa shape index (κ2) is 13.8. The molecule has 1 atom stereocenters. The van der Waals surface area contributed by atoms with E-state index in [1.165, 1.54) is 4.90 Å². The summed E-state index contributed by atoms with van der Waals surface area (Å²) in [4.78, 5) is 29.5. The van der Waals surface area contributed by atoms with E-state index < -0.39 is 28.5 Å². The number of anilines is 1. The number of hydrogen-bond acceptors (Lipinski definition) is 4. The zero-order valence-corrected chi connectivity index (χ0v) is 24.3. The van der Waals surface area contributed by atoms with Gasteiger partial charge in [0.05, 0.1) is 17.0 Å². The first kappa shape index (κ1) is 29.6. The first-order chi connectivity index (χ1) is 19.2. The summed E-state index contributed by atoms with van der Waals surface area (Å²) in [6.45, 7) is -0.340. The highest BCUT2D eigenvalue weighted by atomic mass is 35.5. The fourth-order valence-corrected chi connectivity index (χ4v) is 6.28. The maximum Gasteiger partial charge on any atom is 0.244 e. The van der Waals surface area contributed by atoms with Crippen LogP contribution in [-0.4, -0.2) is 50.0 Å².